The number of benzene rings is 3. The van der Waals surface area contributed by atoms with E-state index in [9.17, 15) is 24.3 Å². The molecule has 0 amide bonds. The zero-order valence-electron chi connectivity index (χ0n) is 26.1. The lowest BCUT2D eigenvalue weighted by Crippen LogP contribution is -2.31. The minimum Gasteiger partial charge on any atom is -0.478 e. The maximum absolute atomic E-state index is 12.8. The molecule has 0 fully saturated rings. The molecule has 0 aliphatic heterocycles. The minimum atomic E-state index is -1.41. The number of ether oxygens (including phenoxy) is 3. The smallest absolute Gasteiger partial charge is 0.340 e. The van der Waals surface area contributed by atoms with E-state index in [4.69, 9.17) is 26.4 Å². The Morgan fingerprint density at radius 1 is 0.864 bits per heavy atom. The topological polar surface area (TPSA) is 142 Å². The molecule has 9 heteroatoms. The van der Waals surface area contributed by atoms with Gasteiger partial charge < -0.3 is 25.1 Å². The third-order valence-corrected chi connectivity index (χ3v) is 6.98. The van der Waals surface area contributed by atoms with Crippen molar-refractivity contribution in [2.45, 2.75) is 73.0 Å². The molecular formula is C35H39NO8. The number of rotatable bonds is 9. The summed E-state index contributed by atoms with van der Waals surface area (Å²) in [7, 11) is 0. The molecule has 3 aromatic rings. The van der Waals surface area contributed by atoms with Crippen molar-refractivity contribution in [3.63, 3.8) is 0 Å². The van der Waals surface area contributed by atoms with E-state index in [2.05, 4.69) is 5.92 Å². The highest BCUT2D eigenvalue weighted by Gasteiger charge is 2.31. The summed E-state index contributed by atoms with van der Waals surface area (Å²) < 4.78 is 16.5. The van der Waals surface area contributed by atoms with Crippen LogP contribution in [-0.4, -0.2) is 34.6 Å². The highest BCUT2D eigenvalue weighted by molar-refractivity contribution is 6.02. The lowest BCUT2D eigenvalue weighted by Gasteiger charge is -2.26. The number of hydrogen-bond acceptors (Lipinski definition) is 8. The Labute approximate surface area is 258 Å². The molecule has 44 heavy (non-hydrogen) atoms. The number of terminal acetylenes is 1. The number of carboxylic acid groups (broad SMARTS) is 1. The average molecular weight is 602 g/mol. The van der Waals surface area contributed by atoms with Gasteiger partial charge in [0.25, 0.3) is 0 Å². The van der Waals surface area contributed by atoms with Crippen LogP contribution in [0.25, 0.3) is 0 Å². The molecule has 3 rings (SSSR count). The average Bonchev–Trinajstić information content (AvgIpc) is 2.98. The molecule has 0 aliphatic carbocycles. The zero-order valence-corrected chi connectivity index (χ0v) is 26.1. The van der Waals surface area contributed by atoms with E-state index >= 15 is 0 Å². The van der Waals surface area contributed by atoms with E-state index in [1.54, 1.807) is 20.8 Å². The van der Waals surface area contributed by atoms with E-state index in [1.807, 2.05) is 37.3 Å². The molecule has 3 N–H and O–H groups in total. The van der Waals surface area contributed by atoms with Gasteiger partial charge in [-0.2, -0.15) is 0 Å². The van der Waals surface area contributed by atoms with Gasteiger partial charge in [0.1, 0.15) is 11.5 Å². The van der Waals surface area contributed by atoms with E-state index in [1.165, 1.54) is 50.6 Å². The van der Waals surface area contributed by atoms with Gasteiger partial charge in [-0.15, -0.1) is 6.42 Å². The molecule has 0 spiro atoms. The Kier molecular flexibility index (Phi) is 12.4. The van der Waals surface area contributed by atoms with Crippen LogP contribution in [0.5, 0.6) is 11.5 Å². The van der Waals surface area contributed by atoms with Crippen LogP contribution in [0.15, 0.2) is 54.6 Å². The normalized spacial score (nSPS) is 12.3. The van der Waals surface area contributed by atoms with Crippen molar-refractivity contribution >= 4 is 23.9 Å². The van der Waals surface area contributed by atoms with Crippen LogP contribution in [0.2, 0.25) is 0 Å². The van der Waals surface area contributed by atoms with Crippen molar-refractivity contribution in [2.24, 2.45) is 5.73 Å². The van der Waals surface area contributed by atoms with Crippen molar-refractivity contribution in [1.29, 1.82) is 0 Å². The van der Waals surface area contributed by atoms with Crippen molar-refractivity contribution < 1.29 is 38.5 Å². The first-order valence-electron chi connectivity index (χ1n) is 13.9. The quantitative estimate of drug-likeness (QED) is 0.170. The third kappa shape index (κ3) is 9.28. The fourth-order valence-electron chi connectivity index (χ4n) is 4.42. The lowest BCUT2D eigenvalue weighted by molar-refractivity contribution is -0.133. The molecule has 232 valence electrons. The van der Waals surface area contributed by atoms with Crippen LogP contribution in [0.1, 0.15) is 88.7 Å². The number of carboxylic acids is 1. The molecular weight excluding hydrogens is 562 g/mol. The third-order valence-electron chi connectivity index (χ3n) is 6.98. The van der Waals surface area contributed by atoms with Crippen molar-refractivity contribution in [2.75, 3.05) is 0 Å². The van der Waals surface area contributed by atoms with Crippen LogP contribution >= 0.6 is 0 Å². The predicted molar refractivity (Wildman–Crippen MR) is 167 cm³/mol. The largest absolute Gasteiger partial charge is 0.478 e. The van der Waals surface area contributed by atoms with Crippen LogP contribution in [0.3, 0.4) is 0 Å². The zero-order chi connectivity index (χ0) is 33.2. The maximum Gasteiger partial charge on any atom is 0.340 e. The van der Waals surface area contributed by atoms with Gasteiger partial charge in [-0.1, -0.05) is 48.4 Å². The Morgan fingerprint density at radius 3 is 1.84 bits per heavy atom. The SMILES string of the molecule is C#C[C@](C)(CCc1c(C)c(OC(C)=O)c(C)c(C)c1OC(C)=O)OC(=O)c1ccccc1C(=O)O.C[C@H](N)c1ccccc1. The fraction of sp³-hybridized carbons (Fsp3) is 0.314. The highest BCUT2D eigenvalue weighted by atomic mass is 16.6. The fourth-order valence-corrected chi connectivity index (χ4v) is 4.42. The summed E-state index contributed by atoms with van der Waals surface area (Å²) in [6.07, 6.45) is 6.02. The number of esters is 3. The molecule has 0 bridgehead atoms. The van der Waals surface area contributed by atoms with E-state index in [-0.39, 0.29) is 30.0 Å². The second-order valence-corrected chi connectivity index (χ2v) is 10.5. The first-order chi connectivity index (χ1) is 20.6. The van der Waals surface area contributed by atoms with Crippen LogP contribution in [-0.2, 0) is 20.7 Å². The molecule has 0 radical (unpaired) electrons. The van der Waals surface area contributed by atoms with E-state index < -0.39 is 29.5 Å². The number of carbonyl (C=O) groups is 4. The summed E-state index contributed by atoms with van der Waals surface area (Å²) >= 11 is 0. The molecule has 0 aromatic heterocycles. The van der Waals surface area contributed by atoms with Gasteiger partial charge in [-0.25, -0.2) is 9.59 Å². The van der Waals surface area contributed by atoms with Crippen molar-refractivity contribution in [3.05, 3.63) is 93.5 Å². The molecule has 9 nitrogen and oxygen atoms in total. The molecule has 2 atom stereocenters. The number of aromatic carboxylic acids is 1. The van der Waals surface area contributed by atoms with Gasteiger partial charge in [0.2, 0.25) is 0 Å². The summed E-state index contributed by atoms with van der Waals surface area (Å²) in [5.74, 6) is -0.0164. The van der Waals surface area contributed by atoms with Gasteiger partial charge in [0.15, 0.2) is 5.60 Å². The minimum absolute atomic E-state index is 0.113. The molecule has 0 saturated carbocycles. The van der Waals surface area contributed by atoms with Gasteiger partial charge >= 0.3 is 23.9 Å². The van der Waals surface area contributed by atoms with Crippen LogP contribution in [0.4, 0.5) is 0 Å². The van der Waals surface area contributed by atoms with Crippen LogP contribution in [0, 0.1) is 33.1 Å². The van der Waals surface area contributed by atoms with Crippen molar-refractivity contribution in [3.8, 4) is 23.8 Å². The predicted octanol–water partition coefficient (Wildman–Crippen LogP) is 6.05. The Hall–Kier alpha value is -4.94. The van der Waals surface area contributed by atoms with Gasteiger partial charge in [-0.3, -0.25) is 9.59 Å². The second-order valence-electron chi connectivity index (χ2n) is 10.5. The maximum atomic E-state index is 12.8. The molecule has 0 unspecified atom stereocenters. The molecule has 3 aromatic carbocycles. The summed E-state index contributed by atoms with van der Waals surface area (Å²) in [5.41, 5.74) is 7.49. The lowest BCUT2D eigenvalue weighted by atomic mass is 9.90. The van der Waals surface area contributed by atoms with E-state index in [0.29, 0.717) is 33.8 Å². The monoisotopic (exact) mass is 601 g/mol. The highest BCUT2D eigenvalue weighted by Crippen LogP contribution is 2.39. The number of nitrogens with two attached hydrogens (primary N) is 1. The Bertz CT molecular complexity index is 1570. The van der Waals surface area contributed by atoms with Gasteiger partial charge in [-0.05, 0) is 75.4 Å². The summed E-state index contributed by atoms with van der Waals surface area (Å²) in [6, 6.07) is 15.9. The van der Waals surface area contributed by atoms with Gasteiger partial charge in [0.05, 0.1) is 11.1 Å². The summed E-state index contributed by atoms with van der Waals surface area (Å²) in [4.78, 5) is 47.7. The Balaban J connectivity index is 0.000000639. The second kappa shape index (κ2) is 15.5. The number of hydrogen-bond donors (Lipinski definition) is 2. The first kappa shape index (κ1) is 35.3. The van der Waals surface area contributed by atoms with Gasteiger partial charge in [0, 0.05) is 31.9 Å². The summed E-state index contributed by atoms with van der Waals surface area (Å²) in [5, 5.41) is 9.37. The van der Waals surface area contributed by atoms with E-state index in [0.717, 1.165) is 0 Å². The first-order valence-corrected chi connectivity index (χ1v) is 13.9. The molecule has 0 saturated heterocycles. The van der Waals surface area contributed by atoms with Crippen molar-refractivity contribution in [1.82, 2.24) is 0 Å². The molecule has 0 aliphatic rings. The van der Waals surface area contributed by atoms with Crippen LogP contribution < -0.4 is 15.2 Å². The number of carbonyl (C=O) groups excluding carboxylic acids is 3. The standard InChI is InChI=1S/C27H28O8.C8H11N/c1-8-27(7,35-26(32)22-12-10-9-11-21(22)25(30)31)14-13-20-17(4)23(33-18(5)28)15(2)16(3)24(20)34-19(6)29;1-7(9)8-5-3-2-4-6-8/h1,9-12H,13-14H2,2-7H3,(H,30,31);2-7H,9H2,1H3/t27-;7-/m10/s1. The Morgan fingerprint density at radius 2 is 1.36 bits per heavy atom. The summed E-state index contributed by atoms with van der Waals surface area (Å²) in [6.45, 7) is 11.3. The molecule has 0 heterocycles.